The first kappa shape index (κ1) is 12.2. The highest BCUT2D eigenvalue weighted by molar-refractivity contribution is 5.99. The number of hydrogen-bond donors (Lipinski definition) is 1. The van der Waals surface area contributed by atoms with Gasteiger partial charge in [0.25, 0.3) is 0 Å². The topological polar surface area (TPSA) is 73.3 Å². The summed E-state index contributed by atoms with van der Waals surface area (Å²) in [5, 5.41) is 0.507. The summed E-state index contributed by atoms with van der Waals surface area (Å²) < 4.78 is 5.71. The summed E-state index contributed by atoms with van der Waals surface area (Å²) in [4.78, 5) is 23.5. The minimum absolute atomic E-state index is 0.152. The zero-order valence-corrected chi connectivity index (χ0v) is 10.5. The van der Waals surface area contributed by atoms with Gasteiger partial charge in [0.1, 0.15) is 11.3 Å². The zero-order valence-electron chi connectivity index (χ0n) is 10.5. The highest BCUT2D eigenvalue weighted by Gasteiger charge is 2.13. The van der Waals surface area contributed by atoms with Crippen LogP contribution in [0.15, 0.2) is 63.8 Å². The molecule has 4 heteroatoms. The second-order valence-corrected chi connectivity index (χ2v) is 4.38. The van der Waals surface area contributed by atoms with Crippen LogP contribution in [0.2, 0.25) is 0 Å². The lowest BCUT2D eigenvalue weighted by atomic mass is 10.0. The summed E-state index contributed by atoms with van der Waals surface area (Å²) >= 11 is 0. The molecule has 20 heavy (non-hydrogen) atoms. The average Bonchev–Trinajstić information content (AvgIpc) is 2.47. The normalized spacial score (nSPS) is 10.6. The van der Waals surface area contributed by atoms with Crippen LogP contribution in [0, 0.1) is 0 Å². The molecule has 2 N–H and O–H groups in total. The summed E-state index contributed by atoms with van der Waals surface area (Å²) in [6.45, 7) is 0. The summed E-state index contributed by atoms with van der Waals surface area (Å²) in [6, 6.07) is 15.1. The van der Waals surface area contributed by atoms with Crippen molar-refractivity contribution >= 4 is 16.9 Å². The lowest BCUT2D eigenvalue weighted by Gasteiger charge is -2.06. The molecule has 0 aliphatic heterocycles. The first-order chi connectivity index (χ1) is 9.66. The van der Waals surface area contributed by atoms with Crippen molar-refractivity contribution < 1.29 is 9.21 Å². The number of fused-ring (bicyclic) bond motifs is 1. The van der Waals surface area contributed by atoms with Crippen molar-refractivity contribution in [3.63, 3.8) is 0 Å². The van der Waals surface area contributed by atoms with Crippen LogP contribution in [0.3, 0.4) is 0 Å². The van der Waals surface area contributed by atoms with Gasteiger partial charge in [-0.25, -0.2) is 0 Å². The minimum Gasteiger partial charge on any atom is -0.456 e. The third-order valence-electron chi connectivity index (χ3n) is 3.09. The third kappa shape index (κ3) is 1.97. The Morgan fingerprint density at radius 2 is 1.70 bits per heavy atom. The molecule has 4 nitrogen and oxygen atoms in total. The van der Waals surface area contributed by atoms with Crippen molar-refractivity contribution in [2.24, 2.45) is 5.73 Å². The van der Waals surface area contributed by atoms with Crippen LogP contribution in [0.4, 0.5) is 0 Å². The molecule has 3 rings (SSSR count). The fraction of sp³-hybridized carbons (Fsp3) is 0. The Morgan fingerprint density at radius 3 is 2.50 bits per heavy atom. The molecule has 0 aliphatic rings. The largest absolute Gasteiger partial charge is 0.456 e. The van der Waals surface area contributed by atoms with Crippen molar-refractivity contribution in [2.75, 3.05) is 0 Å². The Bertz CT molecular complexity index is 865. The molecule has 0 bridgehead atoms. The third-order valence-corrected chi connectivity index (χ3v) is 3.09. The molecular formula is C16H11NO3. The fourth-order valence-corrected chi connectivity index (χ4v) is 2.15. The predicted molar refractivity (Wildman–Crippen MR) is 76.4 cm³/mol. The molecule has 0 unspecified atom stereocenters. The van der Waals surface area contributed by atoms with E-state index in [1.54, 1.807) is 48.5 Å². The van der Waals surface area contributed by atoms with Crippen molar-refractivity contribution in [1.82, 2.24) is 0 Å². The molecule has 0 fully saturated rings. The number of carbonyl (C=O) groups is 1. The molecule has 0 spiro atoms. The molecule has 0 saturated carbocycles. The summed E-state index contributed by atoms with van der Waals surface area (Å²) in [7, 11) is 0. The van der Waals surface area contributed by atoms with E-state index in [2.05, 4.69) is 0 Å². The maximum Gasteiger partial charge on any atom is 0.249 e. The number of amides is 1. The number of para-hydroxylation sites is 1. The van der Waals surface area contributed by atoms with Crippen molar-refractivity contribution in [1.29, 1.82) is 0 Å². The van der Waals surface area contributed by atoms with Crippen LogP contribution < -0.4 is 11.2 Å². The van der Waals surface area contributed by atoms with Crippen molar-refractivity contribution in [3.05, 3.63) is 70.4 Å². The average molecular weight is 265 g/mol. The van der Waals surface area contributed by atoms with Gasteiger partial charge in [-0.3, -0.25) is 9.59 Å². The quantitative estimate of drug-likeness (QED) is 0.773. The van der Waals surface area contributed by atoms with Gasteiger partial charge in [-0.05, 0) is 18.2 Å². The van der Waals surface area contributed by atoms with Crippen LogP contribution >= 0.6 is 0 Å². The van der Waals surface area contributed by atoms with Gasteiger partial charge in [0, 0.05) is 11.6 Å². The van der Waals surface area contributed by atoms with Gasteiger partial charge in [-0.2, -0.15) is 0 Å². The van der Waals surface area contributed by atoms with Crippen LogP contribution in [0.25, 0.3) is 22.3 Å². The van der Waals surface area contributed by atoms with Gasteiger partial charge >= 0.3 is 0 Å². The number of rotatable bonds is 2. The second kappa shape index (κ2) is 4.66. The predicted octanol–water partition coefficient (Wildman–Crippen LogP) is 2.56. The van der Waals surface area contributed by atoms with E-state index in [-0.39, 0.29) is 5.43 Å². The summed E-state index contributed by atoms with van der Waals surface area (Å²) in [5.41, 5.74) is 6.51. The molecule has 1 heterocycles. The number of nitrogens with two attached hydrogens (primary N) is 1. The molecular weight excluding hydrogens is 254 g/mol. The molecule has 1 aromatic heterocycles. The molecule has 2 aromatic carbocycles. The van der Waals surface area contributed by atoms with Crippen LogP contribution in [0.1, 0.15) is 10.4 Å². The van der Waals surface area contributed by atoms with E-state index in [4.69, 9.17) is 10.2 Å². The lowest BCUT2D eigenvalue weighted by molar-refractivity contribution is 0.100. The SMILES string of the molecule is NC(=O)c1ccccc1-c1cc(=O)c2ccccc2o1. The van der Waals surface area contributed by atoms with Crippen LogP contribution in [-0.2, 0) is 0 Å². The fourth-order valence-electron chi connectivity index (χ4n) is 2.15. The molecule has 1 amide bonds. The van der Waals surface area contributed by atoms with Crippen molar-refractivity contribution in [2.45, 2.75) is 0 Å². The molecule has 3 aromatic rings. The molecule has 0 radical (unpaired) electrons. The number of benzene rings is 2. The molecule has 0 atom stereocenters. The van der Waals surface area contributed by atoms with Crippen LogP contribution in [0.5, 0.6) is 0 Å². The van der Waals surface area contributed by atoms with Gasteiger partial charge in [0.15, 0.2) is 5.43 Å². The Morgan fingerprint density at radius 1 is 1.00 bits per heavy atom. The molecule has 98 valence electrons. The Balaban J connectivity index is 2.31. The van der Waals surface area contributed by atoms with E-state index in [1.807, 2.05) is 0 Å². The van der Waals surface area contributed by atoms with E-state index in [0.717, 1.165) is 0 Å². The number of primary amides is 1. The smallest absolute Gasteiger partial charge is 0.249 e. The first-order valence-electron chi connectivity index (χ1n) is 6.09. The van der Waals surface area contributed by atoms with E-state index in [0.29, 0.717) is 27.9 Å². The Kier molecular flexibility index (Phi) is 2.84. The van der Waals surface area contributed by atoms with Crippen LogP contribution in [-0.4, -0.2) is 5.91 Å². The van der Waals surface area contributed by atoms with Gasteiger partial charge in [0.2, 0.25) is 5.91 Å². The lowest BCUT2D eigenvalue weighted by Crippen LogP contribution is -2.12. The van der Waals surface area contributed by atoms with Gasteiger partial charge in [-0.1, -0.05) is 30.3 Å². The van der Waals surface area contributed by atoms with E-state index in [9.17, 15) is 9.59 Å². The number of carbonyl (C=O) groups excluding carboxylic acids is 1. The monoisotopic (exact) mass is 265 g/mol. The number of hydrogen-bond acceptors (Lipinski definition) is 3. The van der Waals surface area contributed by atoms with Gasteiger partial charge < -0.3 is 10.2 Å². The summed E-state index contributed by atoms with van der Waals surface area (Å²) in [6.07, 6.45) is 0. The standard InChI is InChI=1S/C16H11NO3/c17-16(19)11-6-2-1-5-10(11)15-9-13(18)12-7-3-4-8-14(12)20-15/h1-9H,(H2,17,19). The van der Waals surface area contributed by atoms with Gasteiger partial charge in [-0.15, -0.1) is 0 Å². The van der Waals surface area contributed by atoms with E-state index in [1.165, 1.54) is 6.07 Å². The first-order valence-corrected chi connectivity index (χ1v) is 6.09. The Labute approximate surface area is 114 Å². The second-order valence-electron chi connectivity index (χ2n) is 4.38. The van der Waals surface area contributed by atoms with E-state index >= 15 is 0 Å². The maximum atomic E-state index is 12.1. The highest BCUT2D eigenvalue weighted by Crippen LogP contribution is 2.25. The van der Waals surface area contributed by atoms with Gasteiger partial charge in [0.05, 0.1) is 10.9 Å². The molecule has 0 aliphatic carbocycles. The van der Waals surface area contributed by atoms with Crippen molar-refractivity contribution in [3.8, 4) is 11.3 Å². The zero-order chi connectivity index (χ0) is 14.1. The Hall–Kier alpha value is -2.88. The molecule has 0 saturated heterocycles. The van der Waals surface area contributed by atoms with E-state index < -0.39 is 5.91 Å². The summed E-state index contributed by atoms with van der Waals surface area (Å²) in [5.74, 6) is -0.223. The maximum absolute atomic E-state index is 12.1. The minimum atomic E-state index is -0.559. The highest BCUT2D eigenvalue weighted by atomic mass is 16.3.